The van der Waals surface area contributed by atoms with Crippen LogP contribution in [0.2, 0.25) is 0 Å². The summed E-state index contributed by atoms with van der Waals surface area (Å²) < 4.78 is 5.10. The molecule has 2 aromatic rings. The van der Waals surface area contributed by atoms with Gasteiger partial charge in [0.05, 0.1) is 6.61 Å². The van der Waals surface area contributed by atoms with Crippen LogP contribution in [-0.4, -0.2) is 34.9 Å². The number of H-pyrrole nitrogens is 1. The highest BCUT2D eigenvalue weighted by atomic mass is 16.5. The SMILES string of the molecule is COC[C@H](C)Nc1cccc(-c2n[nH]c(C)n2)c1. The van der Waals surface area contributed by atoms with Crippen LogP contribution in [0.5, 0.6) is 0 Å². The molecule has 5 nitrogen and oxygen atoms in total. The number of aromatic nitrogens is 3. The second kappa shape index (κ2) is 5.64. The summed E-state index contributed by atoms with van der Waals surface area (Å²) in [5.74, 6) is 1.53. The summed E-state index contributed by atoms with van der Waals surface area (Å²) in [5.41, 5.74) is 2.04. The molecule has 0 bridgehead atoms. The minimum atomic E-state index is 0.263. The maximum absolute atomic E-state index is 5.10. The molecular weight excluding hydrogens is 228 g/mol. The fourth-order valence-corrected chi connectivity index (χ4v) is 1.80. The molecule has 0 aliphatic carbocycles. The van der Waals surface area contributed by atoms with Crippen molar-refractivity contribution in [2.75, 3.05) is 19.0 Å². The Balaban J connectivity index is 2.15. The Kier molecular flexibility index (Phi) is 3.94. The number of nitrogens with one attached hydrogen (secondary N) is 2. The predicted molar refractivity (Wildman–Crippen MR) is 71.5 cm³/mol. The molecule has 1 heterocycles. The summed E-state index contributed by atoms with van der Waals surface area (Å²) >= 11 is 0. The van der Waals surface area contributed by atoms with Gasteiger partial charge in [-0.25, -0.2) is 4.98 Å². The zero-order valence-corrected chi connectivity index (χ0v) is 10.9. The van der Waals surface area contributed by atoms with Crippen molar-refractivity contribution in [3.8, 4) is 11.4 Å². The van der Waals surface area contributed by atoms with E-state index in [1.54, 1.807) is 7.11 Å². The van der Waals surface area contributed by atoms with Gasteiger partial charge in [-0.05, 0) is 26.0 Å². The number of aromatic amines is 1. The Labute approximate surface area is 107 Å². The standard InChI is InChI=1S/C13H18N4O/c1-9(8-18-3)14-12-6-4-5-11(7-12)13-15-10(2)16-17-13/h4-7,9,14H,8H2,1-3H3,(H,15,16,17)/t9-/m0/s1. The number of aryl methyl sites for hydroxylation is 1. The summed E-state index contributed by atoms with van der Waals surface area (Å²) in [5, 5.41) is 10.4. The van der Waals surface area contributed by atoms with Crippen molar-refractivity contribution in [3.05, 3.63) is 30.1 Å². The number of benzene rings is 1. The van der Waals surface area contributed by atoms with Crippen molar-refractivity contribution < 1.29 is 4.74 Å². The van der Waals surface area contributed by atoms with Crippen molar-refractivity contribution in [2.24, 2.45) is 0 Å². The molecular formula is C13H18N4O. The minimum Gasteiger partial charge on any atom is -0.383 e. The van der Waals surface area contributed by atoms with Crippen LogP contribution < -0.4 is 5.32 Å². The average molecular weight is 246 g/mol. The van der Waals surface area contributed by atoms with Crippen molar-refractivity contribution in [2.45, 2.75) is 19.9 Å². The van der Waals surface area contributed by atoms with E-state index in [1.807, 2.05) is 31.2 Å². The largest absolute Gasteiger partial charge is 0.383 e. The summed E-state index contributed by atoms with van der Waals surface area (Å²) in [6.07, 6.45) is 0. The van der Waals surface area contributed by atoms with E-state index < -0.39 is 0 Å². The zero-order valence-electron chi connectivity index (χ0n) is 10.9. The van der Waals surface area contributed by atoms with Crippen molar-refractivity contribution >= 4 is 5.69 Å². The summed E-state index contributed by atoms with van der Waals surface area (Å²) in [4.78, 5) is 4.32. The van der Waals surface area contributed by atoms with Gasteiger partial charge in [0, 0.05) is 24.4 Å². The normalized spacial score (nSPS) is 12.4. The van der Waals surface area contributed by atoms with E-state index in [4.69, 9.17) is 4.74 Å². The first-order valence-corrected chi connectivity index (χ1v) is 5.94. The maximum Gasteiger partial charge on any atom is 0.181 e. The van der Waals surface area contributed by atoms with Crippen LogP contribution in [0.4, 0.5) is 5.69 Å². The molecule has 0 aliphatic rings. The molecule has 2 N–H and O–H groups in total. The Morgan fingerprint density at radius 2 is 2.28 bits per heavy atom. The fourth-order valence-electron chi connectivity index (χ4n) is 1.80. The topological polar surface area (TPSA) is 62.8 Å². The van der Waals surface area contributed by atoms with E-state index >= 15 is 0 Å². The first-order chi connectivity index (χ1) is 8.69. The molecule has 2 rings (SSSR count). The molecule has 5 heteroatoms. The van der Waals surface area contributed by atoms with E-state index in [1.165, 1.54) is 0 Å². The van der Waals surface area contributed by atoms with Gasteiger partial charge in [0.2, 0.25) is 0 Å². The predicted octanol–water partition coefficient (Wildman–Crippen LogP) is 2.23. The lowest BCUT2D eigenvalue weighted by molar-refractivity contribution is 0.190. The lowest BCUT2D eigenvalue weighted by atomic mass is 10.2. The number of hydrogen-bond donors (Lipinski definition) is 2. The third-order valence-corrected chi connectivity index (χ3v) is 2.55. The number of methoxy groups -OCH3 is 1. The van der Waals surface area contributed by atoms with Gasteiger partial charge in [0.25, 0.3) is 0 Å². The molecule has 0 fully saturated rings. The molecule has 0 amide bonds. The first-order valence-electron chi connectivity index (χ1n) is 5.94. The van der Waals surface area contributed by atoms with E-state index in [9.17, 15) is 0 Å². The van der Waals surface area contributed by atoms with E-state index in [-0.39, 0.29) is 6.04 Å². The summed E-state index contributed by atoms with van der Waals surface area (Å²) in [7, 11) is 1.70. The van der Waals surface area contributed by atoms with Crippen LogP contribution in [0.3, 0.4) is 0 Å². The maximum atomic E-state index is 5.10. The summed E-state index contributed by atoms with van der Waals surface area (Å²) in [6, 6.07) is 8.31. The molecule has 1 aromatic carbocycles. The monoisotopic (exact) mass is 246 g/mol. The Morgan fingerprint density at radius 1 is 1.44 bits per heavy atom. The highest BCUT2D eigenvalue weighted by Gasteiger charge is 2.06. The number of ether oxygens (including phenoxy) is 1. The molecule has 0 saturated heterocycles. The van der Waals surface area contributed by atoms with Crippen LogP contribution in [0, 0.1) is 6.92 Å². The van der Waals surface area contributed by atoms with Crippen molar-refractivity contribution in [3.63, 3.8) is 0 Å². The fraction of sp³-hybridized carbons (Fsp3) is 0.385. The van der Waals surface area contributed by atoms with Gasteiger partial charge < -0.3 is 10.1 Å². The second-order valence-corrected chi connectivity index (χ2v) is 4.33. The molecule has 1 aromatic heterocycles. The lowest BCUT2D eigenvalue weighted by Crippen LogP contribution is -2.20. The highest BCUT2D eigenvalue weighted by molar-refractivity contribution is 5.62. The van der Waals surface area contributed by atoms with Crippen LogP contribution >= 0.6 is 0 Å². The Hall–Kier alpha value is -1.88. The molecule has 18 heavy (non-hydrogen) atoms. The van der Waals surface area contributed by atoms with Gasteiger partial charge in [-0.15, -0.1) is 0 Å². The van der Waals surface area contributed by atoms with Crippen LogP contribution in [0.1, 0.15) is 12.7 Å². The van der Waals surface area contributed by atoms with Crippen LogP contribution in [-0.2, 0) is 4.74 Å². The third kappa shape index (κ3) is 3.07. The smallest absolute Gasteiger partial charge is 0.181 e. The van der Waals surface area contributed by atoms with Gasteiger partial charge in [-0.1, -0.05) is 12.1 Å². The molecule has 0 aliphatic heterocycles. The number of hydrogen-bond acceptors (Lipinski definition) is 4. The molecule has 0 radical (unpaired) electrons. The van der Waals surface area contributed by atoms with Crippen molar-refractivity contribution in [1.82, 2.24) is 15.2 Å². The van der Waals surface area contributed by atoms with Crippen molar-refractivity contribution in [1.29, 1.82) is 0 Å². The summed E-state index contributed by atoms with van der Waals surface area (Å²) in [6.45, 7) is 4.64. The molecule has 0 saturated carbocycles. The second-order valence-electron chi connectivity index (χ2n) is 4.33. The van der Waals surface area contributed by atoms with E-state index in [0.29, 0.717) is 6.61 Å². The molecule has 0 unspecified atom stereocenters. The van der Waals surface area contributed by atoms with E-state index in [0.717, 1.165) is 22.9 Å². The molecule has 1 atom stereocenters. The van der Waals surface area contributed by atoms with E-state index in [2.05, 4.69) is 27.4 Å². The Bertz CT molecular complexity index is 509. The van der Waals surface area contributed by atoms with Gasteiger partial charge in [0.15, 0.2) is 5.82 Å². The van der Waals surface area contributed by atoms with Gasteiger partial charge in [-0.3, -0.25) is 5.10 Å². The Morgan fingerprint density at radius 3 is 2.94 bits per heavy atom. The third-order valence-electron chi connectivity index (χ3n) is 2.55. The quantitative estimate of drug-likeness (QED) is 0.849. The van der Waals surface area contributed by atoms with Crippen LogP contribution in [0.15, 0.2) is 24.3 Å². The average Bonchev–Trinajstić information content (AvgIpc) is 2.76. The highest BCUT2D eigenvalue weighted by Crippen LogP contribution is 2.19. The number of nitrogens with zero attached hydrogens (tertiary/aromatic N) is 2. The molecule has 96 valence electrons. The lowest BCUT2D eigenvalue weighted by Gasteiger charge is -2.14. The van der Waals surface area contributed by atoms with Gasteiger partial charge in [0.1, 0.15) is 5.82 Å². The van der Waals surface area contributed by atoms with Crippen LogP contribution in [0.25, 0.3) is 11.4 Å². The minimum absolute atomic E-state index is 0.263. The number of rotatable bonds is 5. The molecule has 0 spiro atoms. The van der Waals surface area contributed by atoms with Gasteiger partial charge in [-0.2, -0.15) is 5.10 Å². The zero-order chi connectivity index (χ0) is 13.0. The number of anilines is 1. The first kappa shape index (κ1) is 12.6. The van der Waals surface area contributed by atoms with Gasteiger partial charge >= 0.3 is 0 Å².